The summed E-state index contributed by atoms with van der Waals surface area (Å²) in [5, 5.41) is 9.30. The Balaban J connectivity index is 2.82. The summed E-state index contributed by atoms with van der Waals surface area (Å²) in [6.45, 7) is -0.0831. The van der Waals surface area contributed by atoms with Crippen molar-refractivity contribution in [2.24, 2.45) is 0 Å². The maximum absolute atomic E-state index is 8.91. The highest BCUT2D eigenvalue weighted by Crippen LogP contribution is 2.15. The molecule has 12 heavy (non-hydrogen) atoms. The number of fused-ring (bicyclic) bond motifs is 1. The molecule has 0 spiro atoms. The lowest BCUT2D eigenvalue weighted by molar-refractivity contribution is 0.279. The fraction of sp³-hybridized carbons (Fsp3) is 0.125. The standard InChI is InChI=1S/C8H7ClN2O/c9-8-10-6(5-12)7-3-1-2-4-11(7)8/h1-4,12H,5H2. The molecule has 0 radical (unpaired) electrons. The van der Waals surface area contributed by atoms with Crippen LogP contribution in [0.2, 0.25) is 5.28 Å². The first-order valence-corrected chi connectivity index (χ1v) is 3.93. The van der Waals surface area contributed by atoms with Crippen LogP contribution in [0.15, 0.2) is 24.4 Å². The molecular formula is C8H7ClN2O. The molecule has 0 fully saturated rings. The van der Waals surface area contributed by atoms with Crippen molar-refractivity contribution in [2.45, 2.75) is 6.61 Å². The number of aromatic nitrogens is 2. The largest absolute Gasteiger partial charge is 0.390 e. The average molecular weight is 183 g/mol. The number of pyridine rings is 1. The normalized spacial score (nSPS) is 10.8. The lowest BCUT2D eigenvalue weighted by Crippen LogP contribution is -1.84. The molecule has 0 saturated carbocycles. The summed E-state index contributed by atoms with van der Waals surface area (Å²) in [5.74, 6) is 0. The van der Waals surface area contributed by atoms with Crippen LogP contribution in [0.5, 0.6) is 0 Å². The Hall–Kier alpha value is -1.06. The second-order valence-corrected chi connectivity index (χ2v) is 2.78. The van der Waals surface area contributed by atoms with Crippen LogP contribution >= 0.6 is 11.6 Å². The van der Waals surface area contributed by atoms with E-state index in [2.05, 4.69) is 4.98 Å². The molecule has 4 heteroatoms. The van der Waals surface area contributed by atoms with E-state index in [0.29, 0.717) is 11.0 Å². The summed E-state index contributed by atoms with van der Waals surface area (Å²) in [4.78, 5) is 3.99. The summed E-state index contributed by atoms with van der Waals surface area (Å²) in [5.41, 5.74) is 1.46. The van der Waals surface area contributed by atoms with Gasteiger partial charge in [0, 0.05) is 6.20 Å². The number of aliphatic hydroxyl groups excluding tert-OH is 1. The van der Waals surface area contributed by atoms with Crippen LogP contribution in [-0.2, 0) is 6.61 Å². The Morgan fingerprint density at radius 1 is 1.50 bits per heavy atom. The minimum atomic E-state index is -0.0831. The fourth-order valence-electron chi connectivity index (χ4n) is 1.18. The van der Waals surface area contributed by atoms with Gasteiger partial charge in [0.15, 0.2) is 0 Å². The van der Waals surface area contributed by atoms with Gasteiger partial charge in [-0.05, 0) is 23.7 Å². The number of imidazole rings is 1. The predicted octanol–water partition coefficient (Wildman–Crippen LogP) is 1.48. The van der Waals surface area contributed by atoms with E-state index in [1.165, 1.54) is 0 Å². The van der Waals surface area contributed by atoms with Gasteiger partial charge in [0.05, 0.1) is 17.8 Å². The molecule has 0 bridgehead atoms. The molecule has 0 saturated heterocycles. The Morgan fingerprint density at radius 2 is 2.33 bits per heavy atom. The van der Waals surface area contributed by atoms with E-state index in [1.54, 1.807) is 4.40 Å². The van der Waals surface area contributed by atoms with Gasteiger partial charge in [0.1, 0.15) is 0 Å². The molecule has 2 rings (SSSR count). The van der Waals surface area contributed by atoms with E-state index in [9.17, 15) is 0 Å². The third kappa shape index (κ3) is 0.983. The Bertz CT molecular complexity index is 410. The molecule has 0 amide bonds. The average Bonchev–Trinajstić information content (AvgIpc) is 2.44. The third-order valence-corrected chi connectivity index (χ3v) is 2.00. The number of hydrogen-bond acceptors (Lipinski definition) is 2. The van der Waals surface area contributed by atoms with Gasteiger partial charge in [-0.15, -0.1) is 0 Å². The van der Waals surface area contributed by atoms with Crippen LogP contribution in [0.1, 0.15) is 5.69 Å². The third-order valence-electron chi connectivity index (χ3n) is 1.73. The second-order valence-electron chi connectivity index (χ2n) is 2.44. The lowest BCUT2D eigenvalue weighted by atomic mass is 10.3. The molecule has 62 valence electrons. The van der Waals surface area contributed by atoms with Crippen LogP contribution in [0.3, 0.4) is 0 Å². The highest BCUT2D eigenvalue weighted by atomic mass is 35.5. The molecule has 0 unspecified atom stereocenters. The van der Waals surface area contributed by atoms with E-state index in [0.717, 1.165) is 5.52 Å². The number of halogens is 1. The number of rotatable bonds is 1. The van der Waals surface area contributed by atoms with Crippen LogP contribution in [0.25, 0.3) is 5.52 Å². The summed E-state index contributed by atoms with van der Waals surface area (Å²) in [6.07, 6.45) is 1.81. The molecule has 0 aromatic carbocycles. The van der Waals surface area contributed by atoms with Crippen molar-refractivity contribution in [3.05, 3.63) is 35.4 Å². The van der Waals surface area contributed by atoms with Crippen molar-refractivity contribution in [3.63, 3.8) is 0 Å². The highest BCUT2D eigenvalue weighted by Gasteiger charge is 2.06. The molecule has 2 aromatic heterocycles. The zero-order valence-electron chi connectivity index (χ0n) is 6.24. The zero-order valence-corrected chi connectivity index (χ0v) is 6.99. The van der Waals surface area contributed by atoms with E-state index in [-0.39, 0.29) is 6.61 Å². The Morgan fingerprint density at radius 3 is 3.08 bits per heavy atom. The number of aliphatic hydroxyl groups is 1. The van der Waals surface area contributed by atoms with Crippen molar-refractivity contribution in [1.29, 1.82) is 0 Å². The first kappa shape index (κ1) is 7.58. The lowest BCUT2D eigenvalue weighted by Gasteiger charge is -1.92. The van der Waals surface area contributed by atoms with Crippen LogP contribution in [-0.4, -0.2) is 14.5 Å². The Labute approximate surface area is 74.2 Å². The first-order chi connectivity index (χ1) is 5.83. The maximum Gasteiger partial charge on any atom is 0.207 e. The monoisotopic (exact) mass is 182 g/mol. The quantitative estimate of drug-likeness (QED) is 0.726. The van der Waals surface area contributed by atoms with Gasteiger partial charge in [0.2, 0.25) is 5.28 Å². The van der Waals surface area contributed by atoms with Crippen molar-refractivity contribution in [1.82, 2.24) is 9.38 Å². The van der Waals surface area contributed by atoms with Crippen molar-refractivity contribution < 1.29 is 5.11 Å². The molecular weight excluding hydrogens is 176 g/mol. The zero-order chi connectivity index (χ0) is 8.55. The Kier molecular flexibility index (Phi) is 1.75. The molecule has 2 heterocycles. The molecule has 0 aliphatic heterocycles. The molecule has 0 atom stereocenters. The molecule has 0 aliphatic rings. The summed E-state index contributed by atoms with van der Waals surface area (Å²) < 4.78 is 1.73. The SMILES string of the molecule is OCc1nc(Cl)n2ccccc12. The van der Waals surface area contributed by atoms with Gasteiger partial charge in [-0.25, -0.2) is 4.98 Å². The molecule has 2 aromatic rings. The second kappa shape index (κ2) is 2.77. The minimum Gasteiger partial charge on any atom is -0.390 e. The van der Waals surface area contributed by atoms with E-state index >= 15 is 0 Å². The van der Waals surface area contributed by atoms with Gasteiger partial charge in [-0.2, -0.15) is 0 Å². The van der Waals surface area contributed by atoms with Crippen LogP contribution < -0.4 is 0 Å². The van der Waals surface area contributed by atoms with Gasteiger partial charge >= 0.3 is 0 Å². The number of hydrogen-bond donors (Lipinski definition) is 1. The van der Waals surface area contributed by atoms with Gasteiger partial charge in [-0.1, -0.05) is 6.07 Å². The van der Waals surface area contributed by atoms with E-state index < -0.39 is 0 Å². The maximum atomic E-state index is 8.91. The first-order valence-electron chi connectivity index (χ1n) is 3.55. The molecule has 3 nitrogen and oxygen atoms in total. The van der Waals surface area contributed by atoms with Crippen molar-refractivity contribution >= 4 is 17.1 Å². The van der Waals surface area contributed by atoms with Crippen molar-refractivity contribution in [3.8, 4) is 0 Å². The predicted molar refractivity (Wildman–Crippen MR) is 46.1 cm³/mol. The number of nitrogens with zero attached hydrogens (tertiary/aromatic N) is 2. The topological polar surface area (TPSA) is 37.5 Å². The van der Waals surface area contributed by atoms with Gasteiger partial charge < -0.3 is 5.11 Å². The molecule has 0 aliphatic carbocycles. The smallest absolute Gasteiger partial charge is 0.207 e. The minimum absolute atomic E-state index is 0.0831. The summed E-state index contributed by atoms with van der Waals surface area (Å²) >= 11 is 5.80. The van der Waals surface area contributed by atoms with Crippen LogP contribution in [0, 0.1) is 0 Å². The molecule has 1 N–H and O–H groups in total. The highest BCUT2D eigenvalue weighted by molar-refractivity contribution is 6.28. The van der Waals surface area contributed by atoms with E-state index in [1.807, 2.05) is 24.4 Å². The summed E-state index contributed by atoms with van der Waals surface area (Å²) in [6, 6.07) is 5.61. The van der Waals surface area contributed by atoms with Crippen LogP contribution in [0.4, 0.5) is 0 Å². The summed E-state index contributed by atoms with van der Waals surface area (Å²) in [7, 11) is 0. The van der Waals surface area contributed by atoms with Gasteiger partial charge in [-0.3, -0.25) is 4.40 Å². The van der Waals surface area contributed by atoms with E-state index in [4.69, 9.17) is 16.7 Å². The fourth-order valence-corrected chi connectivity index (χ4v) is 1.43. The van der Waals surface area contributed by atoms with Crippen molar-refractivity contribution in [2.75, 3.05) is 0 Å². The van der Waals surface area contributed by atoms with Gasteiger partial charge in [0.25, 0.3) is 0 Å².